The number of hydrogen-bond donors (Lipinski definition) is 2. The first kappa shape index (κ1) is 14.4. The topological polar surface area (TPSA) is 66.9 Å². The molecule has 106 valence electrons. The molecule has 0 fully saturated rings. The maximum Gasteiger partial charge on any atom is 0.260 e. The predicted octanol–water partition coefficient (Wildman–Crippen LogP) is 3.09. The Morgan fingerprint density at radius 2 is 2.20 bits per heavy atom. The van der Waals surface area contributed by atoms with Crippen molar-refractivity contribution in [1.29, 1.82) is 0 Å². The van der Waals surface area contributed by atoms with Crippen molar-refractivity contribution in [2.75, 3.05) is 17.7 Å². The molecule has 2 N–H and O–H groups in total. The highest BCUT2D eigenvalue weighted by atomic mass is 32.1. The first-order valence-corrected chi connectivity index (χ1v) is 7.00. The number of pyridine rings is 1. The highest BCUT2D eigenvalue weighted by Gasteiger charge is 2.17. The fourth-order valence-electron chi connectivity index (χ4n) is 1.57. The smallest absolute Gasteiger partial charge is 0.260 e. The minimum absolute atomic E-state index is 0.0414. The van der Waals surface area contributed by atoms with Crippen LogP contribution in [-0.2, 0) is 0 Å². The number of nitrogens with one attached hydrogen (secondary N) is 2. The number of carbonyl (C=O) groups is 1. The molecule has 0 saturated carbocycles. The third-order valence-corrected chi connectivity index (χ3v) is 3.48. The van der Waals surface area contributed by atoms with Crippen LogP contribution in [0.1, 0.15) is 35.8 Å². The second-order valence-corrected chi connectivity index (χ2v) is 5.32. The SMILES string of the molecule is CNc1nccc(C(=O)Nc2nc(C(C)C)cs2)c1F. The van der Waals surface area contributed by atoms with Gasteiger partial charge in [-0.3, -0.25) is 10.1 Å². The molecule has 0 aliphatic heterocycles. The van der Waals surface area contributed by atoms with Crippen LogP contribution in [0.4, 0.5) is 15.3 Å². The molecule has 0 radical (unpaired) electrons. The summed E-state index contributed by atoms with van der Waals surface area (Å²) >= 11 is 1.32. The van der Waals surface area contributed by atoms with Gasteiger partial charge in [-0.1, -0.05) is 13.8 Å². The van der Waals surface area contributed by atoms with E-state index in [9.17, 15) is 9.18 Å². The van der Waals surface area contributed by atoms with E-state index in [2.05, 4.69) is 20.6 Å². The average Bonchev–Trinajstić information content (AvgIpc) is 2.87. The van der Waals surface area contributed by atoms with E-state index in [-0.39, 0.29) is 17.3 Å². The fraction of sp³-hybridized carbons (Fsp3) is 0.308. The molecule has 7 heteroatoms. The van der Waals surface area contributed by atoms with Crippen molar-refractivity contribution in [1.82, 2.24) is 9.97 Å². The van der Waals surface area contributed by atoms with Gasteiger partial charge >= 0.3 is 0 Å². The first-order valence-electron chi connectivity index (χ1n) is 6.12. The Morgan fingerprint density at radius 1 is 1.45 bits per heavy atom. The van der Waals surface area contributed by atoms with Crippen LogP contribution in [0.2, 0.25) is 0 Å². The zero-order valence-corrected chi connectivity index (χ0v) is 12.2. The van der Waals surface area contributed by atoms with E-state index < -0.39 is 11.7 Å². The van der Waals surface area contributed by atoms with Crippen molar-refractivity contribution in [3.05, 3.63) is 34.7 Å². The Kier molecular flexibility index (Phi) is 4.29. The number of anilines is 2. The van der Waals surface area contributed by atoms with Gasteiger partial charge in [-0.15, -0.1) is 11.3 Å². The molecule has 0 bridgehead atoms. The van der Waals surface area contributed by atoms with Crippen LogP contribution in [0.3, 0.4) is 0 Å². The Hall–Kier alpha value is -2.02. The monoisotopic (exact) mass is 294 g/mol. The van der Waals surface area contributed by atoms with Gasteiger partial charge in [-0.25, -0.2) is 14.4 Å². The maximum absolute atomic E-state index is 14.0. The summed E-state index contributed by atoms with van der Waals surface area (Å²) < 4.78 is 14.0. The van der Waals surface area contributed by atoms with E-state index in [1.165, 1.54) is 23.6 Å². The minimum atomic E-state index is -0.673. The summed E-state index contributed by atoms with van der Waals surface area (Å²) in [7, 11) is 1.54. The Morgan fingerprint density at radius 3 is 2.80 bits per heavy atom. The van der Waals surface area contributed by atoms with Crippen molar-refractivity contribution < 1.29 is 9.18 Å². The molecule has 2 rings (SSSR count). The van der Waals surface area contributed by atoms with Crippen LogP contribution in [0.25, 0.3) is 0 Å². The number of rotatable bonds is 4. The summed E-state index contributed by atoms with van der Waals surface area (Å²) in [6.45, 7) is 4.03. The first-order chi connectivity index (χ1) is 9.52. The van der Waals surface area contributed by atoms with Gasteiger partial charge in [0, 0.05) is 18.6 Å². The Balaban J connectivity index is 2.19. The van der Waals surface area contributed by atoms with E-state index in [0.29, 0.717) is 5.13 Å². The number of thiazole rings is 1. The van der Waals surface area contributed by atoms with Gasteiger partial charge in [0.25, 0.3) is 5.91 Å². The molecule has 1 amide bonds. The number of hydrogen-bond acceptors (Lipinski definition) is 5. The lowest BCUT2D eigenvalue weighted by molar-refractivity contribution is 0.102. The molecule has 5 nitrogen and oxygen atoms in total. The lowest BCUT2D eigenvalue weighted by Crippen LogP contribution is -2.15. The predicted molar refractivity (Wildman–Crippen MR) is 77.9 cm³/mol. The van der Waals surface area contributed by atoms with Crippen molar-refractivity contribution in [2.45, 2.75) is 19.8 Å². The molecule has 0 atom stereocenters. The van der Waals surface area contributed by atoms with Gasteiger partial charge in [0.05, 0.1) is 11.3 Å². The van der Waals surface area contributed by atoms with E-state index in [4.69, 9.17) is 0 Å². The number of amides is 1. The number of nitrogens with zero attached hydrogens (tertiary/aromatic N) is 2. The number of halogens is 1. The molecular formula is C13H15FN4OS. The second-order valence-electron chi connectivity index (χ2n) is 4.46. The Labute approximate surface area is 120 Å². The summed E-state index contributed by atoms with van der Waals surface area (Å²) in [5.41, 5.74) is 0.835. The van der Waals surface area contributed by atoms with Crippen LogP contribution in [0.15, 0.2) is 17.6 Å². The third-order valence-electron chi connectivity index (χ3n) is 2.70. The summed E-state index contributed by atoms with van der Waals surface area (Å²) in [6, 6.07) is 1.34. The molecule has 0 unspecified atom stereocenters. The van der Waals surface area contributed by atoms with Crippen LogP contribution in [0.5, 0.6) is 0 Å². The van der Waals surface area contributed by atoms with E-state index in [0.717, 1.165) is 5.69 Å². The standard InChI is InChI=1S/C13H15FN4OS/c1-7(2)9-6-20-13(17-9)18-12(19)8-4-5-16-11(15-3)10(8)14/h4-7H,1-3H3,(H,15,16)(H,17,18,19). The average molecular weight is 294 g/mol. The molecule has 0 aromatic carbocycles. The number of carbonyl (C=O) groups excluding carboxylic acids is 1. The minimum Gasteiger partial charge on any atom is -0.371 e. The van der Waals surface area contributed by atoms with Crippen LogP contribution in [-0.4, -0.2) is 22.9 Å². The normalized spacial score (nSPS) is 10.7. The summed E-state index contributed by atoms with van der Waals surface area (Å²) in [5, 5.41) is 7.53. The van der Waals surface area contributed by atoms with Gasteiger partial charge in [0.2, 0.25) is 0 Å². The van der Waals surface area contributed by atoms with Crippen LogP contribution < -0.4 is 10.6 Å². The fourth-order valence-corrected chi connectivity index (χ4v) is 2.43. The maximum atomic E-state index is 14.0. The summed E-state index contributed by atoms with van der Waals surface area (Å²) in [5.74, 6) is -0.885. The summed E-state index contributed by atoms with van der Waals surface area (Å²) in [4.78, 5) is 20.1. The molecule has 20 heavy (non-hydrogen) atoms. The highest BCUT2D eigenvalue weighted by molar-refractivity contribution is 7.14. The van der Waals surface area contributed by atoms with E-state index in [1.807, 2.05) is 19.2 Å². The van der Waals surface area contributed by atoms with Gasteiger partial charge in [0.1, 0.15) is 0 Å². The zero-order valence-electron chi connectivity index (χ0n) is 11.4. The lowest BCUT2D eigenvalue weighted by atomic mass is 10.2. The van der Waals surface area contributed by atoms with Crippen molar-refractivity contribution in [3.8, 4) is 0 Å². The van der Waals surface area contributed by atoms with Crippen molar-refractivity contribution in [2.24, 2.45) is 0 Å². The molecule has 0 aliphatic rings. The van der Waals surface area contributed by atoms with Crippen LogP contribution >= 0.6 is 11.3 Å². The lowest BCUT2D eigenvalue weighted by Gasteiger charge is -2.06. The van der Waals surface area contributed by atoms with Crippen LogP contribution in [0, 0.1) is 5.82 Å². The molecular weight excluding hydrogens is 279 g/mol. The third kappa shape index (κ3) is 2.93. The molecule has 0 spiro atoms. The molecule has 2 aromatic rings. The zero-order chi connectivity index (χ0) is 14.7. The van der Waals surface area contributed by atoms with Gasteiger partial charge in [0.15, 0.2) is 16.8 Å². The largest absolute Gasteiger partial charge is 0.371 e. The van der Waals surface area contributed by atoms with Crippen molar-refractivity contribution >= 4 is 28.2 Å². The van der Waals surface area contributed by atoms with E-state index in [1.54, 1.807) is 7.05 Å². The molecule has 0 saturated heterocycles. The van der Waals surface area contributed by atoms with Gasteiger partial charge in [-0.2, -0.15) is 0 Å². The van der Waals surface area contributed by atoms with Gasteiger partial charge in [-0.05, 0) is 12.0 Å². The molecule has 2 aromatic heterocycles. The Bertz CT molecular complexity index is 627. The van der Waals surface area contributed by atoms with E-state index >= 15 is 0 Å². The highest BCUT2D eigenvalue weighted by Crippen LogP contribution is 2.22. The molecule has 2 heterocycles. The summed E-state index contributed by atoms with van der Waals surface area (Å²) in [6.07, 6.45) is 1.38. The second kappa shape index (κ2) is 5.96. The number of aromatic nitrogens is 2. The molecule has 0 aliphatic carbocycles. The van der Waals surface area contributed by atoms with Crippen molar-refractivity contribution in [3.63, 3.8) is 0 Å². The van der Waals surface area contributed by atoms with Gasteiger partial charge < -0.3 is 5.32 Å². The quantitative estimate of drug-likeness (QED) is 0.909.